The molecule has 26 heavy (non-hydrogen) atoms. The Morgan fingerprint density at radius 2 is 1.77 bits per heavy atom. The van der Waals surface area contributed by atoms with Crippen LogP contribution in [0.5, 0.6) is 5.75 Å². The van der Waals surface area contributed by atoms with Crippen LogP contribution in [-0.2, 0) is 16.4 Å². The van der Waals surface area contributed by atoms with E-state index in [1.165, 1.54) is 4.31 Å². The summed E-state index contributed by atoms with van der Waals surface area (Å²) in [5, 5.41) is 0. The van der Waals surface area contributed by atoms with Gasteiger partial charge in [-0.1, -0.05) is 19.1 Å². The number of Topliss-reactive ketones (excluding diaryl/α,β-unsaturated/α-hetero) is 1. The maximum atomic E-state index is 13.0. The monoisotopic (exact) mass is 373 g/mol. The van der Waals surface area contributed by atoms with Crippen molar-refractivity contribution in [3.05, 3.63) is 59.7 Å². The van der Waals surface area contributed by atoms with Gasteiger partial charge >= 0.3 is 0 Å². The van der Waals surface area contributed by atoms with E-state index in [9.17, 15) is 13.2 Å². The van der Waals surface area contributed by atoms with Crippen molar-refractivity contribution in [3.8, 4) is 5.75 Å². The molecule has 3 rings (SSSR count). The maximum absolute atomic E-state index is 13.0. The molecule has 2 aromatic carbocycles. The summed E-state index contributed by atoms with van der Waals surface area (Å²) in [5.74, 6) is 0.493. The van der Waals surface area contributed by atoms with Gasteiger partial charge in [0.15, 0.2) is 5.78 Å². The van der Waals surface area contributed by atoms with Crippen molar-refractivity contribution in [2.75, 3.05) is 13.7 Å². The summed E-state index contributed by atoms with van der Waals surface area (Å²) in [5.41, 5.74) is 1.58. The predicted octanol–water partition coefficient (Wildman–Crippen LogP) is 3.29. The number of aryl methyl sites for hydroxylation is 1. The van der Waals surface area contributed by atoms with Crippen LogP contribution in [0.2, 0.25) is 0 Å². The Morgan fingerprint density at radius 3 is 2.35 bits per heavy atom. The van der Waals surface area contributed by atoms with Crippen molar-refractivity contribution in [1.82, 2.24) is 4.31 Å². The number of carbonyl (C=O) groups is 1. The molecule has 0 radical (unpaired) electrons. The molecule has 1 heterocycles. The highest BCUT2D eigenvalue weighted by molar-refractivity contribution is 7.89. The minimum absolute atomic E-state index is 0.168. The average Bonchev–Trinajstić information content (AvgIpc) is 3.18. The largest absolute Gasteiger partial charge is 0.497 e. The van der Waals surface area contributed by atoms with Gasteiger partial charge in [0.1, 0.15) is 5.75 Å². The van der Waals surface area contributed by atoms with E-state index in [1.54, 1.807) is 43.5 Å². The van der Waals surface area contributed by atoms with E-state index in [-0.39, 0.29) is 10.7 Å². The van der Waals surface area contributed by atoms with Crippen LogP contribution in [0.25, 0.3) is 0 Å². The Morgan fingerprint density at radius 1 is 1.12 bits per heavy atom. The van der Waals surface area contributed by atoms with E-state index in [0.717, 1.165) is 12.0 Å². The van der Waals surface area contributed by atoms with Crippen molar-refractivity contribution < 1.29 is 17.9 Å². The molecule has 1 fully saturated rings. The number of rotatable bonds is 6. The van der Waals surface area contributed by atoms with Crippen molar-refractivity contribution in [3.63, 3.8) is 0 Å². The lowest BCUT2D eigenvalue weighted by Gasteiger charge is -2.23. The van der Waals surface area contributed by atoms with E-state index in [0.29, 0.717) is 30.7 Å². The second kappa shape index (κ2) is 7.60. The molecule has 0 aliphatic carbocycles. The molecule has 1 atom stereocenters. The topological polar surface area (TPSA) is 63.7 Å². The van der Waals surface area contributed by atoms with Crippen LogP contribution in [0, 0.1) is 0 Å². The molecular weight excluding hydrogens is 350 g/mol. The summed E-state index contributed by atoms with van der Waals surface area (Å²) in [6.07, 6.45) is 2.07. The Kier molecular flexibility index (Phi) is 5.44. The Bertz CT molecular complexity index is 873. The fraction of sp³-hybridized carbons (Fsp3) is 0.350. The third-order valence-electron chi connectivity index (χ3n) is 4.82. The van der Waals surface area contributed by atoms with Gasteiger partial charge < -0.3 is 4.74 Å². The van der Waals surface area contributed by atoms with E-state index in [1.807, 2.05) is 19.1 Å². The van der Waals surface area contributed by atoms with Gasteiger partial charge in [-0.15, -0.1) is 0 Å². The first-order valence-corrected chi connectivity index (χ1v) is 10.2. The number of benzene rings is 2. The molecule has 138 valence electrons. The Balaban J connectivity index is 1.87. The van der Waals surface area contributed by atoms with Crippen LogP contribution >= 0.6 is 0 Å². The van der Waals surface area contributed by atoms with E-state index < -0.39 is 16.1 Å². The number of ketones is 1. The van der Waals surface area contributed by atoms with Crippen LogP contribution in [0.15, 0.2) is 53.4 Å². The quantitative estimate of drug-likeness (QED) is 0.729. The van der Waals surface area contributed by atoms with E-state index in [4.69, 9.17) is 4.74 Å². The number of nitrogens with zero attached hydrogens (tertiary/aromatic N) is 1. The van der Waals surface area contributed by atoms with Crippen molar-refractivity contribution in [1.29, 1.82) is 0 Å². The zero-order valence-corrected chi connectivity index (χ0v) is 15.8. The van der Waals surface area contributed by atoms with Gasteiger partial charge in [-0.2, -0.15) is 4.31 Å². The molecule has 1 unspecified atom stereocenters. The van der Waals surface area contributed by atoms with Gasteiger partial charge in [-0.3, -0.25) is 4.79 Å². The van der Waals surface area contributed by atoms with Gasteiger partial charge in [-0.25, -0.2) is 8.42 Å². The fourth-order valence-corrected chi connectivity index (χ4v) is 4.93. The van der Waals surface area contributed by atoms with Crippen molar-refractivity contribution in [2.24, 2.45) is 0 Å². The number of methoxy groups -OCH3 is 1. The number of ether oxygens (including phenoxy) is 1. The normalized spacial score (nSPS) is 18.0. The summed E-state index contributed by atoms with van der Waals surface area (Å²) >= 11 is 0. The lowest BCUT2D eigenvalue weighted by atomic mass is 10.0. The van der Waals surface area contributed by atoms with Crippen LogP contribution in [0.3, 0.4) is 0 Å². The molecule has 2 aromatic rings. The third kappa shape index (κ3) is 3.52. The summed E-state index contributed by atoms with van der Waals surface area (Å²) in [6.45, 7) is 2.39. The molecule has 1 aliphatic heterocycles. The van der Waals surface area contributed by atoms with Crippen LogP contribution < -0.4 is 4.74 Å². The van der Waals surface area contributed by atoms with Gasteiger partial charge in [0, 0.05) is 12.1 Å². The summed E-state index contributed by atoms with van der Waals surface area (Å²) in [7, 11) is -2.13. The highest BCUT2D eigenvalue weighted by Gasteiger charge is 2.39. The molecule has 1 aliphatic rings. The predicted molar refractivity (Wildman–Crippen MR) is 100 cm³/mol. The zero-order chi connectivity index (χ0) is 18.7. The Hall–Kier alpha value is -2.18. The molecule has 0 aromatic heterocycles. The first-order chi connectivity index (χ1) is 12.5. The standard InChI is InChI=1S/C20H23NO4S/c1-3-15-6-12-18(13-7-15)26(23,24)21-14-4-5-19(21)20(22)16-8-10-17(25-2)11-9-16/h6-13,19H,3-5,14H2,1-2H3. The average molecular weight is 373 g/mol. The first kappa shape index (κ1) is 18.6. The summed E-state index contributed by atoms with van der Waals surface area (Å²) in [6, 6.07) is 13.0. The summed E-state index contributed by atoms with van der Waals surface area (Å²) in [4.78, 5) is 13.1. The van der Waals surface area contributed by atoms with Crippen LogP contribution in [-0.4, -0.2) is 38.2 Å². The SMILES string of the molecule is CCc1ccc(S(=O)(=O)N2CCCC2C(=O)c2ccc(OC)cc2)cc1. The first-order valence-electron chi connectivity index (χ1n) is 8.76. The van der Waals surface area contributed by atoms with E-state index >= 15 is 0 Å². The molecule has 1 saturated heterocycles. The van der Waals surface area contributed by atoms with Gasteiger partial charge in [0.05, 0.1) is 18.0 Å². The number of hydrogen-bond acceptors (Lipinski definition) is 4. The third-order valence-corrected chi connectivity index (χ3v) is 6.74. The molecule has 0 amide bonds. The van der Waals surface area contributed by atoms with Gasteiger partial charge in [0.25, 0.3) is 0 Å². The minimum atomic E-state index is -3.69. The smallest absolute Gasteiger partial charge is 0.243 e. The lowest BCUT2D eigenvalue weighted by molar-refractivity contribution is 0.0918. The zero-order valence-electron chi connectivity index (χ0n) is 15.0. The second-order valence-corrected chi connectivity index (χ2v) is 8.25. The van der Waals surface area contributed by atoms with Gasteiger partial charge in [0.2, 0.25) is 10.0 Å². The number of carbonyl (C=O) groups excluding carboxylic acids is 1. The highest BCUT2D eigenvalue weighted by atomic mass is 32.2. The fourth-order valence-electron chi connectivity index (χ4n) is 3.27. The molecule has 0 N–H and O–H groups in total. The van der Waals surface area contributed by atoms with Crippen LogP contribution in [0.4, 0.5) is 0 Å². The number of hydrogen-bond donors (Lipinski definition) is 0. The molecule has 0 saturated carbocycles. The molecule has 6 heteroatoms. The van der Waals surface area contributed by atoms with Crippen molar-refractivity contribution >= 4 is 15.8 Å². The van der Waals surface area contributed by atoms with Crippen LogP contribution in [0.1, 0.15) is 35.7 Å². The molecule has 0 spiro atoms. The molecular formula is C20H23NO4S. The van der Waals surface area contributed by atoms with Gasteiger partial charge in [-0.05, 0) is 61.2 Å². The molecule has 0 bridgehead atoms. The molecule has 5 nitrogen and oxygen atoms in total. The lowest BCUT2D eigenvalue weighted by Crippen LogP contribution is -2.40. The Labute approximate surface area is 154 Å². The second-order valence-electron chi connectivity index (χ2n) is 6.36. The number of sulfonamides is 1. The highest BCUT2D eigenvalue weighted by Crippen LogP contribution is 2.29. The van der Waals surface area contributed by atoms with Crippen molar-refractivity contribution in [2.45, 2.75) is 37.1 Å². The minimum Gasteiger partial charge on any atom is -0.497 e. The summed E-state index contributed by atoms with van der Waals surface area (Å²) < 4.78 is 32.5. The van der Waals surface area contributed by atoms with E-state index in [2.05, 4.69) is 0 Å². The maximum Gasteiger partial charge on any atom is 0.243 e.